The summed E-state index contributed by atoms with van der Waals surface area (Å²) in [6, 6.07) is 0. The number of hydrogen-bond donors (Lipinski definition) is 1. The Morgan fingerprint density at radius 2 is 1.88 bits per heavy atom. The second-order valence-electron chi connectivity index (χ2n) is 1.46. The maximum Gasteiger partial charge on any atom is 2.00 e. The third-order valence-corrected chi connectivity index (χ3v) is 0.780. The van der Waals surface area contributed by atoms with E-state index in [1.54, 1.807) is 0 Å². The maximum atomic E-state index is 3.70. The molecule has 0 rings (SSSR count). The third-order valence-electron chi connectivity index (χ3n) is 0.780. The Bertz CT molecular complexity index is 27.7. The van der Waals surface area contributed by atoms with Crippen LogP contribution in [0.4, 0.5) is 0 Å². The van der Waals surface area contributed by atoms with E-state index >= 15 is 0 Å². The summed E-state index contributed by atoms with van der Waals surface area (Å²) in [4.78, 5) is 0. The molecule has 8 heavy (non-hydrogen) atoms. The molecule has 46 valence electrons. The second kappa shape index (κ2) is 10.9. The van der Waals surface area contributed by atoms with Crippen molar-refractivity contribution < 1.29 is 31.1 Å². The fraction of sp³-hybridized carbons (Fsp3) is 0.667. The van der Waals surface area contributed by atoms with Crippen LogP contribution < -0.4 is 5.32 Å². The first kappa shape index (κ1) is 11.8. The van der Waals surface area contributed by atoms with Gasteiger partial charge in [-0.2, -0.15) is 6.42 Å². The van der Waals surface area contributed by atoms with Gasteiger partial charge in [-0.25, -0.2) is 0 Å². The van der Waals surface area contributed by atoms with Gasteiger partial charge in [0, 0.05) is 0 Å². The van der Waals surface area contributed by atoms with Crippen molar-refractivity contribution in [2.24, 2.45) is 0 Å². The smallest absolute Gasteiger partial charge is 0.346 e. The molecule has 0 aromatic heterocycles. The van der Waals surface area contributed by atoms with Gasteiger partial charge in [0.05, 0.1) is 0 Å². The summed E-state index contributed by atoms with van der Waals surface area (Å²) in [6.07, 6.45) is 2.18. The van der Waals surface area contributed by atoms with E-state index in [4.69, 9.17) is 0 Å². The largest absolute Gasteiger partial charge is 2.00 e. The Kier molecular flexibility index (Phi) is 16.0. The van der Waals surface area contributed by atoms with E-state index in [1.807, 2.05) is 0 Å². The zero-order chi connectivity index (χ0) is 5.54. The van der Waals surface area contributed by atoms with Crippen LogP contribution in [0.1, 0.15) is 12.8 Å². The number of rotatable bonds is 4. The topological polar surface area (TPSA) is 12.0 Å². The number of nitrogens with one attached hydrogen (secondary N) is 1. The first-order valence-corrected chi connectivity index (χ1v) is 2.71. The Balaban J connectivity index is 0. The molecule has 0 aliphatic carbocycles. The first-order valence-electron chi connectivity index (χ1n) is 2.71. The van der Waals surface area contributed by atoms with Crippen molar-refractivity contribution in [3.8, 4) is 0 Å². The fourth-order valence-electron chi connectivity index (χ4n) is 0.375. The molecule has 0 radical (unpaired) electrons. The van der Waals surface area contributed by atoms with Gasteiger partial charge in [-0.1, -0.05) is 6.42 Å². The van der Waals surface area contributed by atoms with Gasteiger partial charge in [-0.05, 0) is 6.54 Å². The maximum absolute atomic E-state index is 3.70. The molecule has 0 heterocycles. The van der Waals surface area contributed by atoms with Crippen LogP contribution in [0, 0.1) is 45.0 Å². The molecule has 2 heteroatoms. The Hall–Kier alpha value is 1.01. The van der Waals surface area contributed by atoms with E-state index in [-0.39, 0.29) is 31.1 Å². The summed E-state index contributed by atoms with van der Waals surface area (Å²) in [5.41, 5.74) is 0. The van der Waals surface area contributed by atoms with Crippen molar-refractivity contribution in [2.45, 2.75) is 12.8 Å². The summed E-state index contributed by atoms with van der Waals surface area (Å²) in [5.74, 6) is 0. The predicted octanol–water partition coefficient (Wildman–Crippen LogP) is 1.02. The summed E-state index contributed by atoms with van der Waals surface area (Å²) in [6.45, 7) is 9.22. The van der Waals surface area contributed by atoms with Crippen molar-refractivity contribution in [1.29, 1.82) is 0 Å². The average Bonchev–Trinajstić information content (AvgIpc) is 1.69. The van der Waals surface area contributed by atoms with Crippen LogP contribution >= 0.6 is 0 Å². The molecule has 0 amide bonds. The molecular weight excluding hydrogens is 324 g/mol. The molecule has 0 atom stereocenters. The van der Waals surface area contributed by atoms with Gasteiger partial charge in [0.15, 0.2) is 0 Å². The second-order valence-corrected chi connectivity index (χ2v) is 1.46. The van der Waals surface area contributed by atoms with E-state index in [0.717, 1.165) is 25.9 Å². The molecule has 0 aromatic rings. The molecule has 0 bridgehead atoms. The van der Waals surface area contributed by atoms with Crippen molar-refractivity contribution in [2.75, 3.05) is 13.1 Å². The molecule has 0 saturated heterocycles. The summed E-state index contributed by atoms with van der Waals surface area (Å²) in [5, 5.41) is 3.10. The molecule has 0 saturated carbocycles. The molecule has 0 unspecified atom stereocenters. The first-order chi connectivity index (χ1) is 3.41. The van der Waals surface area contributed by atoms with Crippen LogP contribution in [-0.4, -0.2) is 13.1 Å². The van der Waals surface area contributed by atoms with E-state index in [2.05, 4.69) is 19.2 Å². The minimum atomic E-state index is 0. The minimum absolute atomic E-state index is 0. The monoisotopic (exact) mass is 337 g/mol. The van der Waals surface area contributed by atoms with Crippen LogP contribution in [-0.2, 0) is 0 Å². The van der Waals surface area contributed by atoms with Gasteiger partial charge in [0.1, 0.15) is 0 Å². The molecular formula is C6H13NU. The van der Waals surface area contributed by atoms with Gasteiger partial charge in [0.2, 0.25) is 0 Å². The molecule has 0 fully saturated rings. The Morgan fingerprint density at radius 3 is 2.25 bits per heavy atom. The normalized spacial score (nSPS) is 8.25. The number of hydrogen-bond acceptors (Lipinski definition) is 1. The summed E-state index contributed by atoms with van der Waals surface area (Å²) in [7, 11) is 0. The van der Waals surface area contributed by atoms with Crippen LogP contribution in [0.15, 0.2) is 0 Å². The van der Waals surface area contributed by atoms with Gasteiger partial charge in [-0.15, -0.1) is 6.54 Å². The molecule has 0 spiro atoms. The molecule has 1 nitrogen and oxygen atoms in total. The van der Waals surface area contributed by atoms with Gasteiger partial charge >= 0.3 is 31.1 Å². The standard InChI is InChI=1S/C6H13N.U/c1-3-5-6-7-4-2;/h7H,1-6H2;/q-2;+2. The predicted molar refractivity (Wildman–Crippen MR) is 32.8 cm³/mol. The van der Waals surface area contributed by atoms with Crippen LogP contribution in [0.3, 0.4) is 0 Å². The SMILES string of the molecule is [CH2-]CCCNC[CH2-].[U+2]. The molecule has 0 aromatic carbocycles. The van der Waals surface area contributed by atoms with Gasteiger partial charge in [0.25, 0.3) is 0 Å². The fourth-order valence-corrected chi connectivity index (χ4v) is 0.375. The Labute approximate surface area is 76.0 Å². The minimum Gasteiger partial charge on any atom is -0.346 e. The molecule has 1 N–H and O–H groups in total. The van der Waals surface area contributed by atoms with Crippen LogP contribution in [0.5, 0.6) is 0 Å². The van der Waals surface area contributed by atoms with E-state index in [1.165, 1.54) is 0 Å². The number of unbranched alkanes of at least 4 members (excludes halogenated alkanes) is 1. The van der Waals surface area contributed by atoms with Gasteiger partial charge in [-0.3, -0.25) is 0 Å². The quantitative estimate of drug-likeness (QED) is 0.597. The van der Waals surface area contributed by atoms with Crippen molar-refractivity contribution in [3.63, 3.8) is 0 Å². The van der Waals surface area contributed by atoms with Crippen molar-refractivity contribution >= 4 is 0 Å². The van der Waals surface area contributed by atoms with Crippen molar-refractivity contribution in [3.05, 3.63) is 13.8 Å². The molecule has 0 aliphatic heterocycles. The summed E-state index contributed by atoms with van der Waals surface area (Å²) >= 11 is 0. The summed E-state index contributed by atoms with van der Waals surface area (Å²) < 4.78 is 0. The van der Waals surface area contributed by atoms with Crippen LogP contribution in [0.2, 0.25) is 0 Å². The van der Waals surface area contributed by atoms with E-state index in [0.29, 0.717) is 0 Å². The Morgan fingerprint density at radius 1 is 1.25 bits per heavy atom. The van der Waals surface area contributed by atoms with Crippen molar-refractivity contribution in [1.82, 2.24) is 5.32 Å². The zero-order valence-electron chi connectivity index (χ0n) is 5.24. The van der Waals surface area contributed by atoms with Crippen LogP contribution in [0.25, 0.3) is 0 Å². The zero-order valence-corrected chi connectivity index (χ0v) is 9.41. The van der Waals surface area contributed by atoms with E-state index < -0.39 is 0 Å². The molecule has 0 aliphatic rings. The van der Waals surface area contributed by atoms with E-state index in [9.17, 15) is 0 Å². The van der Waals surface area contributed by atoms with Gasteiger partial charge < -0.3 is 19.2 Å². The third kappa shape index (κ3) is 10.1. The average molecular weight is 337 g/mol.